The number of pyridine rings is 1. The lowest BCUT2D eigenvalue weighted by Crippen LogP contribution is -1.91. The molecule has 0 spiro atoms. The largest absolute Gasteiger partial charge is 0.390 e. The standard InChI is InChI=1S/C14H14N4OS/c1-8-9(2)20-13(15)12(8)14-17-11(18-19-14)7-10-3-5-16-6-4-10/h3-6H,7,15H2,1-2H3. The monoisotopic (exact) mass is 286 g/mol. The second-order valence-corrected chi connectivity index (χ2v) is 5.83. The van der Waals surface area contributed by atoms with E-state index >= 15 is 0 Å². The molecule has 0 saturated heterocycles. The van der Waals surface area contributed by atoms with Gasteiger partial charge in [-0.3, -0.25) is 4.98 Å². The number of nitrogens with zero attached hydrogens (tertiary/aromatic N) is 3. The summed E-state index contributed by atoms with van der Waals surface area (Å²) in [4.78, 5) is 9.60. The summed E-state index contributed by atoms with van der Waals surface area (Å²) >= 11 is 1.55. The van der Waals surface area contributed by atoms with Crippen molar-refractivity contribution in [2.75, 3.05) is 5.73 Å². The second kappa shape index (κ2) is 5.05. The first-order valence-electron chi connectivity index (χ1n) is 6.22. The van der Waals surface area contributed by atoms with Crippen molar-refractivity contribution in [3.05, 3.63) is 46.4 Å². The molecule has 3 rings (SSSR count). The van der Waals surface area contributed by atoms with Crippen molar-refractivity contribution in [1.29, 1.82) is 0 Å². The van der Waals surface area contributed by atoms with Crippen molar-refractivity contribution in [3.63, 3.8) is 0 Å². The lowest BCUT2D eigenvalue weighted by molar-refractivity contribution is 0.424. The minimum absolute atomic E-state index is 0.494. The van der Waals surface area contributed by atoms with Crippen molar-refractivity contribution in [2.24, 2.45) is 0 Å². The normalized spacial score (nSPS) is 10.9. The fourth-order valence-electron chi connectivity index (χ4n) is 2.03. The quantitative estimate of drug-likeness (QED) is 0.800. The molecule has 3 aromatic rings. The molecular weight excluding hydrogens is 272 g/mol. The van der Waals surface area contributed by atoms with Crippen molar-refractivity contribution in [2.45, 2.75) is 20.3 Å². The third-order valence-electron chi connectivity index (χ3n) is 3.21. The van der Waals surface area contributed by atoms with E-state index in [1.807, 2.05) is 26.0 Å². The van der Waals surface area contributed by atoms with E-state index in [4.69, 9.17) is 10.3 Å². The molecule has 20 heavy (non-hydrogen) atoms. The SMILES string of the molecule is Cc1sc(N)c(-c2nc(Cc3ccncc3)no2)c1C. The van der Waals surface area contributed by atoms with E-state index in [2.05, 4.69) is 15.1 Å². The van der Waals surface area contributed by atoms with Gasteiger partial charge in [0.15, 0.2) is 5.82 Å². The minimum atomic E-state index is 0.494. The Morgan fingerprint density at radius 1 is 1.25 bits per heavy atom. The van der Waals surface area contributed by atoms with Gasteiger partial charge in [-0.15, -0.1) is 11.3 Å². The van der Waals surface area contributed by atoms with E-state index in [0.29, 0.717) is 18.1 Å². The molecule has 0 fully saturated rings. The predicted molar refractivity (Wildman–Crippen MR) is 78.5 cm³/mol. The van der Waals surface area contributed by atoms with Gasteiger partial charge >= 0.3 is 0 Å². The van der Waals surface area contributed by atoms with Gasteiger partial charge in [0.05, 0.1) is 10.6 Å². The number of aromatic nitrogens is 3. The smallest absolute Gasteiger partial charge is 0.261 e. The zero-order chi connectivity index (χ0) is 14.1. The van der Waals surface area contributed by atoms with E-state index < -0.39 is 0 Å². The van der Waals surface area contributed by atoms with Crippen molar-refractivity contribution in [1.82, 2.24) is 15.1 Å². The van der Waals surface area contributed by atoms with Gasteiger partial charge in [0.25, 0.3) is 5.89 Å². The van der Waals surface area contributed by atoms with Crippen molar-refractivity contribution >= 4 is 16.3 Å². The number of thiophene rings is 1. The molecule has 3 heterocycles. The zero-order valence-electron chi connectivity index (χ0n) is 11.3. The zero-order valence-corrected chi connectivity index (χ0v) is 12.1. The maximum absolute atomic E-state index is 6.02. The predicted octanol–water partition coefficient (Wildman–Crippen LogP) is 2.98. The van der Waals surface area contributed by atoms with E-state index in [1.165, 1.54) is 4.88 Å². The first-order chi connectivity index (χ1) is 9.65. The molecule has 102 valence electrons. The van der Waals surface area contributed by atoms with E-state index in [-0.39, 0.29) is 0 Å². The number of nitrogen functional groups attached to an aromatic ring is 1. The summed E-state index contributed by atoms with van der Waals surface area (Å²) in [5, 5.41) is 4.74. The summed E-state index contributed by atoms with van der Waals surface area (Å²) in [7, 11) is 0. The van der Waals surface area contributed by atoms with Crippen LogP contribution in [0.5, 0.6) is 0 Å². The van der Waals surface area contributed by atoms with Gasteiger partial charge < -0.3 is 10.3 Å². The van der Waals surface area contributed by atoms with Gasteiger partial charge in [-0.2, -0.15) is 4.98 Å². The Hall–Kier alpha value is -2.21. The highest BCUT2D eigenvalue weighted by molar-refractivity contribution is 7.16. The third-order valence-corrected chi connectivity index (χ3v) is 4.24. The molecule has 0 saturated carbocycles. The number of rotatable bonds is 3. The van der Waals surface area contributed by atoms with E-state index in [1.54, 1.807) is 23.7 Å². The highest BCUT2D eigenvalue weighted by atomic mass is 32.1. The minimum Gasteiger partial charge on any atom is -0.390 e. The van der Waals surface area contributed by atoms with Gasteiger partial charge in [-0.1, -0.05) is 5.16 Å². The van der Waals surface area contributed by atoms with Gasteiger partial charge in [-0.05, 0) is 37.1 Å². The molecule has 0 unspecified atom stereocenters. The molecule has 0 bridgehead atoms. The van der Waals surface area contributed by atoms with Crippen LogP contribution in [-0.2, 0) is 6.42 Å². The molecule has 6 heteroatoms. The highest BCUT2D eigenvalue weighted by Gasteiger charge is 2.18. The molecule has 2 N–H and O–H groups in total. The number of nitrogens with two attached hydrogens (primary N) is 1. The van der Waals surface area contributed by atoms with Crippen LogP contribution in [0.2, 0.25) is 0 Å². The average Bonchev–Trinajstić information content (AvgIpc) is 2.97. The van der Waals surface area contributed by atoms with Crippen molar-refractivity contribution in [3.8, 4) is 11.5 Å². The molecule has 0 aromatic carbocycles. The fraction of sp³-hybridized carbons (Fsp3) is 0.214. The number of hydrogen-bond acceptors (Lipinski definition) is 6. The van der Waals surface area contributed by atoms with Crippen LogP contribution in [0.1, 0.15) is 21.8 Å². The van der Waals surface area contributed by atoms with Crippen LogP contribution in [0.15, 0.2) is 29.0 Å². The molecule has 5 nitrogen and oxygen atoms in total. The van der Waals surface area contributed by atoms with Crippen molar-refractivity contribution < 1.29 is 4.52 Å². The summed E-state index contributed by atoms with van der Waals surface area (Å²) in [5.41, 5.74) is 9.08. The fourth-order valence-corrected chi connectivity index (χ4v) is 2.96. The molecule has 0 aliphatic heterocycles. The topological polar surface area (TPSA) is 77.8 Å². The molecule has 3 aromatic heterocycles. The van der Waals surface area contributed by atoms with Crippen LogP contribution in [-0.4, -0.2) is 15.1 Å². The summed E-state index contributed by atoms with van der Waals surface area (Å²) < 4.78 is 5.35. The Labute approximate surface area is 120 Å². The van der Waals surface area contributed by atoms with E-state index in [9.17, 15) is 0 Å². The maximum atomic E-state index is 6.02. The van der Waals surface area contributed by atoms with Crippen LogP contribution in [0.4, 0.5) is 5.00 Å². The second-order valence-electron chi connectivity index (χ2n) is 4.57. The Morgan fingerprint density at radius 3 is 2.65 bits per heavy atom. The molecular formula is C14H14N4OS. The molecule has 0 aliphatic rings. The van der Waals surface area contributed by atoms with Crippen LogP contribution in [0.3, 0.4) is 0 Å². The molecule has 0 atom stereocenters. The summed E-state index contributed by atoms with van der Waals surface area (Å²) in [6.45, 7) is 4.05. The van der Waals surface area contributed by atoms with Crippen LogP contribution < -0.4 is 5.73 Å². The first kappa shape index (κ1) is 12.8. The Morgan fingerprint density at radius 2 is 2.00 bits per heavy atom. The van der Waals surface area contributed by atoms with Gasteiger partial charge in [0.1, 0.15) is 0 Å². The van der Waals surface area contributed by atoms with Crippen LogP contribution >= 0.6 is 11.3 Å². The summed E-state index contributed by atoms with van der Waals surface area (Å²) in [6, 6.07) is 3.87. The molecule has 0 aliphatic carbocycles. The van der Waals surface area contributed by atoms with E-state index in [0.717, 1.165) is 21.7 Å². The van der Waals surface area contributed by atoms with Gasteiger partial charge in [-0.25, -0.2) is 0 Å². The Balaban J connectivity index is 1.91. The lowest BCUT2D eigenvalue weighted by Gasteiger charge is -1.95. The highest BCUT2D eigenvalue weighted by Crippen LogP contribution is 2.37. The average molecular weight is 286 g/mol. The Kier molecular flexibility index (Phi) is 3.23. The van der Waals surface area contributed by atoms with Crippen LogP contribution in [0.25, 0.3) is 11.5 Å². The van der Waals surface area contributed by atoms with Gasteiger partial charge in [0, 0.05) is 23.7 Å². The maximum Gasteiger partial charge on any atom is 0.261 e. The number of aryl methyl sites for hydroxylation is 1. The summed E-state index contributed by atoms with van der Waals surface area (Å²) in [6.07, 6.45) is 4.12. The van der Waals surface area contributed by atoms with Gasteiger partial charge in [0.2, 0.25) is 0 Å². The molecule has 0 radical (unpaired) electrons. The number of hydrogen-bond donors (Lipinski definition) is 1. The lowest BCUT2D eigenvalue weighted by atomic mass is 10.1. The van der Waals surface area contributed by atoms with Crippen LogP contribution in [0, 0.1) is 13.8 Å². The number of anilines is 1. The molecule has 0 amide bonds. The first-order valence-corrected chi connectivity index (χ1v) is 7.04. The summed E-state index contributed by atoms with van der Waals surface area (Å²) in [5.74, 6) is 1.14. The third kappa shape index (κ3) is 2.30. The Bertz CT molecular complexity index is 733.